The number of rotatable bonds is 4. The SMILES string of the molecule is CS(=O)(=O)Nc1ccc(CN2CCCCCC2)cc1. The molecule has 1 fully saturated rings. The Bertz CT molecular complexity index is 489. The van der Waals surface area contributed by atoms with Crippen LogP contribution in [0.25, 0.3) is 0 Å². The van der Waals surface area contributed by atoms with Gasteiger partial charge >= 0.3 is 0 Å². The highest BCUT2D eigenvalue weighted by Crippen LogP contribution is 2.15. The third-order valence-electron chi connectivity index (χ3n) is 3.36. The molecule has 0 saturated carbocycles. The Kier molecular flexibility index (Phi) is 4.82. The van der Waals surface area contributed by atoms with E-state index in [1.165, 1.54) is 44.3 Å². The maximum Gasteiger partial charge on any atom is 0.229 e. The molecule has 2 rings (SSSR count). The molecule has 0 unspecified atom stereocenters. The lowest BCUT2D eigenvalue weighted by molar-refractivity contribution is 0.277. The summed E-state index contributed by atoms with van der Waals surface area (Å²) in [6.07, 6.45) is 6.42. The van der Waals surface area contributed by atoms with Gasteiger partial charge in [-0.15, -0.1) is 0 Å². The summed E-state index contributed by atoms with van der Waals surface area (Å²) in [6.45, 7) is 3.30. The van der Waals surface area contributed by atoms with Crippen molar-refractivity contribution in [2.75, 3.05) is 24.1 Å². The van der Waals surface area contributed by atoms with E-state index in [1.54, 1.807) is 0 Å². The molecule has 1 aliphatic rings. The minimum Gasteiger partial charge on any atom is -0.299 e. The molecule has 0 aromatic heterocycles. The van der Waals surface area contributed by atoms with Crippen LogP contribution in [0.1, 0.15) is 31.2 Å². The van der Waals surface area contributed by atoms with Gasteiger partial charge < -0.3 is 0 Å². The number of hydrogen-bond acceptors (Lipinski definition) is 3. The molecular weight excluding hydrogens is 260 g/mol. The van der Waals surface area contributed by atoms with Gasteiger partial charge in [-0.2, -0.15) is 0 Å². The third-order valence-corrected chi connectivity index (χ3v) is 3.97. The molecule has 1 aromatic rings. The average molecular weight is 282 g/mol. The predicted octanol–water partition coefficient (Wildman–Crippen LogP) is 2.43. The maximum atomic E-state index is 11.1. The topological polar surface area (TPSA) is 49.4 Å². The fraction of sp³-hybridized carbons (Fsp3) is 0.571. The van der Waals surface area contributed by atoms with Crippen molar-refractivity contribution in [2.24, 2.45) is 0 Å². The van der Waals surface area contributed by atoms with Crippen molar-refractivity contribution in [1.29, 1.82) is 0 Å². The zero-order chi connectivity index (χ0) is 13.7. The van der Waals surface area contributed by atoms with Gasteiger partial charge in [-0.3, -0.25) is 9.62 Å². The van der Waals surface area contributed by atoms with Gasteiger partial charge in [0.25, 0.3) is 0 Å². The number of anilines is 1. The van der Waals surface area contributed by atoms with Gasteiger partial charge in [-0.05, 0) is 43.6 Å². The molecule has 0 bridgehead atoms. The first-order valence-electron chi connectivity index (χ1n) is 6.82. The molecule has 19 heavy (non-hydrogen) atoms. The first-order valence-corrected chi connectivity index (χ1v) is 8.71. The van der Waals surface area contributed by atoms with Gasteiger partial charge in [-0.1, -0.05) is 25.0 Å². The van der Waals surface area contributed by atoms with Gasteiger partial charge in [0.2, 0.25) is 10.0 Å². The van der Waals surface area contributed by atoms with E-state index in [0.29, 0.717) is 5.69 Å². The molecule has 1 heterocycles. The van der Waals surface area contributed by atoms with Gasteiger partial charge in [0.15, 0.2) is 0 Å². The van der Waals surface area contributed by atoms with Crippen molar-refractivity contribution in [3.63, 3.8) is 0 Å². The van der Waals surface area contributed by atoms with Gasteiger partial charge in [-0.25, -0.2) is 8.42 Å². The maximum absolute atomic E-state index is 11.1. The molecule has 0 spiro atoms. The number of nitrogens with one attached hydrogen (secondary N) is 1. The molecule has 1 N–H and O–H groups in total. The Labute approximate surface area is 115 Å². The Balaban J connectivity index is 1.94. The lowest BCUT2D eigenvalue weighted by Crippen LogP contribution is -2.23. The number of nitrogens with zero attached hydrogens (tertiary/aromatic N) is 1. The molecule has 0 amide bonds. The first kappa shape index (κ1) is 14.3. The highest BCUT2D eigenvalue weighted by atomic mass is 32.2. The average Bonchev–Trinajstić information content (AvgIpc) is 2.58. The summed E-state index contributed by atoms with van der Waals surface area (Å²) in [5.74, 6) is 0. The number of hydrogen-bond donors (Lipinski definition) is 1. The molecule has 0 radical (unpaired) electrons. The zero-order valence-electron chi connectivity index (χ0n) is 11.4. The Morgan fingerprint density at radius 1 is 1.05 bits per heavy atom. The van der Waals surface area contributed by atoms with Crippen LogP contribution < -0.4 is 4.72 Å². The number of benzene rings is 1. The van der Waals surface area contributed by atoms with E-state index in [9.17, 15) is 8.42 Å². The van der Waals surface area contributed by atoms with Gasteiger partial charge in [0.05, 0.1) is 6.26 Å². The monoisotopic (exact) mass is 282 g/mol. The third kappa shape index (κ3) is 5.20. The largest absolute Gasteiger partial charge is 0.299 e. The van der Waals surface area contributed by atoms with Crippen LogP contribution in [-0.4, -0.2) is 32.7 Å². The second-order valence-corrected chi connectivity index (χ2v) is 7.01. The molecule has 1 aromatic carbocycles. The van der Waals surface area contributed by atoms with E-state index in [0.717, 1.165) is 12.8 Å². The van der Waals surface area contributed by atoms with Crippen LogP contribution in [0, 0.1) is 0 Å². The number of likely N-dealkylation sites (tertiary alicyclic amines) is 1. The minimum atomic E-state index is -3.18. The molecule has 5 heteroatoms. The van der Waals surface area contributed by atoms with E-state index in [2.05, 4.69) is 9.62 Å². The predicted molar refractivity (Wildman–Crippen MR) is 78.7 cm³/mol. The summed E-state index contributed by atoms with van der Waals surface area (Å²) in [7, 11) is -3.18. The molecule has 1 aliphatic heterocycles. The Morgan fingerprint density at radius 2 is 1.63 bits per heavy atom. The normalized spacial score (nSPS) is 17.9. The quantitative estimate of drug-likeness (QED) is 0.922. The van der Waals surface area contributed by atoms with Gasteiger partial charge in [0, 0.05) is 12.2 Å². The highest BCUT2D eigenvalue weighted by Gasteiger charge is 2.09. The van der Waals surface area contributed by atoms with Gasteiger partial charge in [0.1, 0.15) is 0 Å². The van der Waals surface area contributed by atoms with Crippen LogP contribution >= 0.6 is 0 Å². The van der Waals surface area contributed by atoms with Crippen molar-refractivity contribution >= 4 is 15.7 Å². The van der Waals surface area contributed by atoms with Crippen LogP contribution in [0.3, 0.4) is 0 Å². The standard InChI is InChI=1S/C14H22N2O2S/c1-19(17,18)15-14-8-6-13(7-9-14)12-16-10-4-2-3-5-11-16/h6-9,15H,2-5,10-12H2,1H3. The fourth-order valence-electron chi connectivity index (χ4n) is 2.44. The van der Waals surface area contributed by atoms with E-state index in [1.807, 2.05) is 24.3 Å². The Hall–Kier alpha value is -1.07. The second-order valence-electron chi connectivity index (χ2n) is 5.26. The van der Waals surface area contributed by atoms with E-state index in [4.69, 9.17) is 0 Å². The van der Waals surface area contributed by atoms with E-state index in [-0.39, 0.29) is 0 Å². The lowest BCUT2D eigenvalue weighted by atomic mass is 10.2. The molecule has 4 nitrogen and oxygen atoms in total. The smallest absolute Gasteiger partial charge is 0.229 e. The first-order chi connectivity index (χ1) is 9.03. The summed E-state index contributed by atoms with van der Waals surface area (Å²) in [5, 5.41) is 0. The highest BCUT2D eigenvalue weighted by molar-refractivity contribution is 7.92. The lowest BCUT2D eigenvalue weighted by Gasteiger charge is -2.19. The summed E-state index contributed by atoms with van der Waals surface area (Å²) in [6, 6.07) is 7.65. The summed E-state index contributed by atoms with van der Waals surface area (Å²) >= 11 is 0. The van der Waals surface area contributed by atoms with Crippen LogP contribution in [0.2, 0.25) is 0 Å². The van der Waals surface area contributed by atoms with E-state index < -0.39 is 10.0 Å². The Morgan fingerprint density at radius 3 is 2.16 bits per heavy atom. The number of sulfonamides is 1. The van der Waals surface area contributed by atoms with Crippen LogP contribution in [-0.2, 0) is 16.6 Å². The fourth-order valence-corrected chi connectivity index (χ4v) is 3.01. The molecule has 0 aliphatic carbocycles. The summed E-state index contributed by atoms with van der Waals surface area (Å²) < 4.78 is 24.7. The summed E-state index contributed by atoms with van der Waals surface area (Å²) in [5.41, 5.74) is 1.86. The molecule has 106 valence electrons. The minimum absolute atomic E-state index is 0.627. The molecular formula is C14H22N2O2S. The van der Waals surface area contributed by atoms with Crippen LogP contribution in [0.15, 0.2) is 24.3 Å². The van der Waals surface area contributed by atoms with Crippen molar-refractivity contribution in [1.82, 2.24) is 4.90 Å². The van der Waals surface area contributed by atoms with Crippen LogP contribution in [0.4, 0.5) is 5.69 Å². The van der Waals surface area contributed by atoms with Crippen molar-refractivity contribution in [3.8, 4) is 0 Å². The van der Waals surface area contributed by atoms with Crippen molar-refractivity contribution in [3.05, 3.63) is 29.8 Å². The molecule has 0 atom stereocenters. The van der Waals surface area contributed by atoms with Crippen molar-refractivity contribution < 1.29 is 8.42 Å². The van der Waals surface area contributed by atoms with Crippen LogP contribution in [0.5, 0.6) is 0 Å². The van der Waals surface area contributed by atoms with E-state index >= 15 is 0 Å². The van der Waals surface area contributed by atoms with Crippen molar-refractivity contribution in [2.45, 2.75) is 32.2 Å². The molecule has 1 saturated heterocycles. The summed E-state index contributed by atoms with van der Waals surface area (Å²) in [4.78, 5) is 2.48. The second kappa shape index (κ2) is 6.39. The zero-order valence-corrected chi connectivity index (χ0v) is 12.2.